The summed E-state index contributed by atoms with van der Waals surface area (Å²) in [6.45, 7) is 2.19. The Balaban J connectivity index is 1.46. The predicted molar refractivity (Wildman–Crippen MR) is 66.0 cm³/mol. The predicted octanol–water partition coefficient (Wildman–Crippen LogP) is 2.33. The fraction of sp³-hybridized carbons (Fsp3) is 0.571. The Morgan fingerprint density at radius 2 is 2.31 bits per heavy atom. The topological polar surface area (TPSA) is 17.0 Å². The van der Waals surface area contributed by atoms with Crippen LogP contribution in [-0.4, -0.2) is 11.1 Å². The van der Waals surface area contributed by atoms with Gasteiger partial charge in [0.2, 0.25) is 0 Å². The second-order valence-electron chi connectivity index (χ2n) is 5.36. The lowest BCUT2D eigenvalue weighted by Crippen LogP contribution is -2.24. The van der Waals surface area contributed by atoms with Gasteiger partial charge in [-0.05, 0) is 48.8 Å². The van der Waals surface area contributed by atoms with E-state index in [1.54, 1.807) is 0 Å². The van der Waals surface area contributed by atoms with Gasteiger partial charge in [-0.15, -0.1) is 0 Å². The van der Waals surface area contributed by atoms with Gasteiger partial charge in [0.15, 0.2) is 0 Å². The summed E-state index contributed by atoms with van der Waals surface area (Å²) >= 11 is 0. The number of fused-ring (bicyclic) bond motifs is 2. The smallest absolute Gasteiger partial charge is 0.0220 e. The van der Waals surface area contributed by atoms with Crippen molar-refractivity contribution in [1.29, 1.82) is 0 Å². The Labute approximate surface area is 97.3 Å². The number of hydrogen-bond donors (Lipinski definition) is 1. The summed E-state index contributed by atoms with van der Waals surface area (Å²) in [6.07, 6.45) is 12.0. The van der Waals surface area contributed by atoms with Crippen LogP contribution in [0.25, 0.3) is 0 Å². The third kappa shape index (κ3) is 1.94. The van der Waals surface area contributed by atoms with E-state index in [1.165, 1.54) is 24.9 Å². The van der Waals surface area contributed by atoms with E-state index in [-0.39, 0.29) is 0 Å². The summed E-state index contributed by atoms with van der Waals surface area (Å²) in [5.41, 5.74) is 1.39. The van der Waals surface area contributed by atoms with Crippen LogP contribution >= 0.6 is 0 Å². The van der Waals surface area contributed by atoms with Crippen LogP contribution in [0.3, 0.4) is 0 Å². The molecule has 2 bridgehead atoms. The SMILES string of the molecule is Cn1ccc(CNCC2CC3C=CC2C3)c1. The number of aromatic nitrogens is 1. The molecule has 1 heterocycles. The standard InChI is InChI=1S/C14H20N2/c1-16-5-4-12(10-16)8-15-9-14-7-11-2-3-13(14)6-11/h2-5,10-11,13-15H,6-9H2,1H3. The van der Waals surface area contributed by atoms with Crippen LogP contribution in [0.1, 0.15) is 18.4 Å². The summed E-state index contributed by atoms with van der Waals surface area (Å²) in [5, 5.41) is 3.59. The van der Waals surface area contributed by atoms with Crippen molar-refractivity contribution in [3.05, 3.63) is 36.2 Å². The Hall–Kier alpha value is -1.02. The Kier molecular flexibility index (Phi) is 2.60. The van der Waals surface area contributed by atoms with Crippen LogP contribution in [0.2, 0.25) is 0 Å². The van der Waals surface area contributed by atoms with Gasteiger partial charge in [0.25, 0.3) is 0 Å². The molecular weight excluding hydrogens is 196 g/mol. The van der Waals surface area contributed by atoms with Crippen molar-refractivity contribution in [3.63, 3.8) is 0 Å². The van der Waals surface area contributed by atoms with Crippen LogP contribution < -0.4 is 5.32 Å². The van der Waals surface area contributed by atoms with Crippen LogP contribution in [-0.2, 0) is 13.6 Å². The molecule has 1 N–H and O–H groups in total. The Morgan fingerprint density at radius 1 is 1.38 bits per heavy atom. The summed E-state index contributed by atoms with van der Waals surface area (Å²) in [4.78, 5) is 0. The van der Waals surface area contributed by atoms with Gasteiger partial charge in [0, 0.05) is 26.0 Å². The van der Waals surface area contributed by atoms with E-state index in [9.17, 15) is 0 Å². The van der Waals surface area contributed by atoms with Gasteiger partial charge in [-0.2, -0.15) is 0 Å². The summed E-state index contributed by atoms with van der Waals surface area (Å²) in [5.74, 6) is 2.65. The monoisotopic (exact) mass is 216 g/mol. The number of rotatable bonds is 4. The van der Waals surface area contributed by atoms with Crippen molar-refractivity contribution in [2.45, 2.75) is 19.4 Å². The Morgan fingerprint density at radius 3 is 2.94 bits per heavy atom. The first-order valence-corrected chi connectivity index (χ1v) is 6.31. The van der Waals surface area contributed by atoms with Crippen molar-refractivity contribution in [1.82, 2.24) is 9.88 Å². The molecule has 0 aliphatic heterocycles. The molecule has 0 amide bonds. The normalized spacial score (nSPS) is 31.4. The number of allylic oxidation sites excluding steroid dienone is 2. The molecule has 0 radical (unpaired) electrons. The van der Waals surface area contributed by atoms with Crippen LogP contribution in [0.15, 0.2) is 30.6 Å². The summed E-state index contributed by atoms with van der Waals surface area (Å²) < 4.78 is 2.11. The maximum absolute atomic E-state index is 3.59. The molecule has 2 heteroatoms. The average Bonchev–Trinajstić information content (AvgIpc) is 2.94. The molecule has 0 saturated heterocycles. The van der Waals surface area contributed by atoms with E-state index in [4.69, 9.17) is 0 Å². The van der Waals surface area contributed by atoms with E-state index in [0.29, 0.717) is 0 Å². The second-order valence-corrected chi connectivity index (χ2v) is 5.36. The molecule has 3 unspecified atom stereocenters. The molecule has 1 aromatic rings. The minimum Gasteiger partial charge on any atom is -0.357 e. The maximum Gasteiger partial charge on any atom is 0.0220 e. The molecule has 2 aliphatic carbocycles. The number of nitrogens with zero attached hydrogens (tertiary/aromatic N) is 1. The molecule has 3 atom stereocenters. The molecule has 0 aromatic carbocycles. The molecule has 0 spiro atoms. The highest BCUT2D eigenvalue weighted by Crippen LogP contribution is 2.42. The third-order valence-electron chi connectivity index (χ3n) is 4.05. The molecule has 2 aliphatic rings. The largest absolute Gasteiger partial charge is 0.357 e. The fourth-order valence-corrected chi connectivity index (χ4v) is 3.20. The maximum atomic E-state index is 3.59. The highest BCUT2D eigenvalue weighted by Gasteiger charge is 2.34. The van der Waals surface area contributed by atoms with E-state index in [1.807, 2.05) is 0 Å². The zero-order valence-electron chi connectivity index (χ0n) is 9.89. The van der Waals surface area contributed by atoms with E-state index in [2.05, 4.69) is 47.5 Å². The lowest BCUT2D eigenvalue weighted by molar-refractivity contribution is 0.414. The minimum absolute atomic E-state index is 0.869. The molecule has 1 fully saturated rings. The van der Waals surface area contributed by atoms with Gasteiger partial charge in [-0.3, -0.25) is 0 Å². The number of hydrogen-bond acceptors (Lipinski definition) is 1. The highest BCUT2D eigenvalue weighted by atomic mass is 14.9. The first-order chi connectivity index (χ1) is 7.81. The molecule has 86 valence electrons. The first kappa shape index (κ1) is 10.2. The zero-order valence-corrected chi connectivity index (χ0v) is 9.89. The lowest BCUT2D eigenvalue weighted by Gasteiger charge is -2.18. The molecule has 3 rings (SSSR count). The average molecular weight is 216 g/mol. The van der Waals surface area contributed by atoms with Crippen LogP contribution in [0.5, 0.6) is 0 Å². The van der Waals surface area contributed by atoms with Crippen molar-refractivity contribution >= 4 is 0 Å². The third-order valence-corrected chi connectivity index (χ3v) is 4.05. The van der Waals surface area contributed by atoms with Gasteiger partial charge in [0.1, 0.15) is 0 Å². The van der Waals surface area contributed by atoms with Gasteiger partial charge < -0.3 is 9.88 Å². The number of nitrogens with one attached hydrogen (secondary N) is 1. The lowest BCUT2D eigenvalue weighted by atomic mass is 9.93. The summed E-state index contributed by atoms with van der Waals surface area (Å²) in [6, 6.07) is 2.19. The van der Waals surface area contributed by atoms with Gasteiger partial charge in [-0.1, -0.05) is 12.2 Å². The number of aryl methyl sites for hydroxylation is 1. The van der Waals surface area contributed by atoms with Gasteiger partial charge in [0.05, 0.1) is 0 Å². The van der Waals surface area contributed by atoms with Gasteiger partial charge >= 0.3 is 0 Å². The van der Waals surface area contributed by atoms with Crippen LogP contribution in [0, 0.1) is 17.8 Å². The van der Waals surface area contributed by atoms with Crippen molar-refractivity contribution in [2.24, 2.45) is 24.8 Å². The molecule has 2 nitrogen and oxygen atoms in total. The molecular formula is C14H20N2. The van der Waals surface area contributed by atoms with E-state index in [0.717, 1.165) is 24.3 Å². The highest BCUT2D eigenvalue weighted by molar-refractivity contribution is 5.11. The quantitative estimate of drug-likeness (QED) is 0.764. The second kappa shape index (κ2) is 4.10. The molecule has 1 aromatic heterocycles. The fourth-order valence-electron chi connectivity index (χ4n) is 3.20. The molecule has 1 saturated carbocycles. The first-order valence-electron chi connectivity index (χ1n) is 6.31. The van der Waals surface area contributed by atoms with Crippen molar-refractivity contribution < 1.29 is 0 Å². The van der Waals surface area contributed by atoms with E-state index < -0.39 is 0 Å². The van der Waals surface area contributed by atoms with E-state index >= 15 is 0 Å². The van der Waals surface area contributed by atoms with Crippen molar-refractivity contribution in [2.75, 3.05) is 6.54 Å². The molecule has 16 heavy (non-hydrogen) atoms. The zero-order chi connectivity index (χ0) is 11.0. The Bertz CT molecular complexity index is 391. The minimum atomic E-state index is 0.869. The van der Waals surface area contributed by atoms with Crippen LogP contribution in [0.4, 0.5) is 0 Å². The van der Waals surface area contributed by atoms with Gasteiger partial charge in [-0.25, -0.2) is 0 Å². The van der Waals surface area contributed by atoms with Crippen molar-refractivity contribution in [3.8, 4) is 0 Å². The summed E-state index contributed by atoms with van der Waals surface area (Å²) in [7, 11) is 2.07.